The highest BCUT2D eigenvalue weighted by molar-refractivity contribution is 7.98. The Labute approximate surface area is 173 Å². The first-order chi connectivity index (χ1) is 12.4. The molecule has 7 heteroatoms. The molecule has 0 radical (unpaired) electrons. The van der Waals surface area contributed by atoms with E-state index in [1.165, 1.54) is 0 Å². The number of aryl methyl sites for hydroxylation is 2. The topological polar surface area (TPSA) is 38.3 Å². The molecule has 1 N–H and O–H groups in total. The fourth-order valence-corrected chi connectivity index (χ4v) is 4.00. The van der Waals surface area contributed by atoms with Gasteiger partial charge in [-0.15, -0.1) is 0 Å². The van der Waals surface area contributed by atoms with Gasteiger partial charge in [-0.3, -0.25) is 4.79 Å². The van der Waals surface area contributed by atoms with Crippen LogP contribution >= 0.6 is 46.6 Å². The summed E-state index contributed by atoms with van der Waals surface area (Å²) in [7, 11) is 0. The van der Waals surface area contributed by atoms with E-state index in [1.807, 2.05) is 44.2 Å². The molecule has 0 heterocycles. The average molecular weight is 433 g/mol. The molecular weight excluding hydrogens is 413 g/mol. The molecule has 2 rings (SSSR count). The molecule has 0 spiro atoms. The largest absolute Gasteiger partial charge is 0.484 e. The van der Waals surface area contributed by atoms with Crippen molar-refractivity contribution in [1.82, 2.24) is 5.32 Å². The van der Waals surface area contributed by atoms with Gasteiger partial charge in [0.1, 0.15) is 5.75 Å². The molecule has 0 aromatic heterocycles. The Bertz CT molecular complexity index is 740. The number of hydrogen-bond donors (Lipinski definition) is 1. The minimum absolute atomic E-state index is 0.0263. The maximum atomic E-state index is 11.9. The second-order valence-electron chi connectivity index (χ2n) is 5.76. The third-order valence-electron chi connectivity index (χ3n) is 3.66. The molecule has 26 heavy (non-hydrogen) atoms. The number of hydrogen-bond acceptors (Lipinski definition) is 3. The lowest BCUT2D eigenvalue weighted by Crippen LogP contribution is -2.30. The molecule has 0 unspecified atom stereocenters. The summed E-state index contributed by atoms with van der Waals surface area (Å²) < 4.78 is 5.53. The Morgan fingerprint density at radius 1 is 1.12 bits per heavy atom. The third kappa shape index (κ3) is 6.27. The summed E-state index contributed by atoms with van der Waals surface area (Å²) in [6.07, 6.45) is 0. The van der Waals surface area contributed by atoms with Crippen LogP contribution in [0.4, 0.5) is 0 Å². The lowest BCUT2D eigenvalue weighted by atomic mass is 10.1. The van der Waals surface area contributed by atoms with Crippen molar-refractivity contribution in [3.05, 3.63) is 62.1 Å². The summed E-state index contributed by atoms with van der Waals surface area (Å²) >= 11 is 20.0. The molecule has 2 aromatic carbocycles. The third-order valence-corrected chi connectivity index (χ3v) is 5.95. The van der Waals surface area contributed by atoms with Gasteiger partial charge in [0.2, 0.25) is 0 Å². The first kappa shape index (κ1) is 21.2. The van der Waals surface area contributed by atoms with Crippen LogP contribution in [-0.2, 0) is 10.5 Å². The summed E-state index contributed by atoms with van der Waals surface area (Å²) in [5.74, 6) is 1.94. The quantitative estimate of drug-likeness (QED) is 0.544. The minimum atomic E-state index is -0.161. The van der Waals surface area contributed by atoms with E-state index in [-0.39, 0.29) is 12.5 Å². The van der Waals surface area contributed by atoms with E-state index in [1.54, 1.807) is 11.8 Å². The van der Waals surface area contributed by atoms with Gasteiger partial charge in [-0.05, 0) is 54.8 Å². The van der Waals surface area contributed by atoms with E-state index < -0.39 is 0 Å². The fourth-order valence-electron chi connectivity index (χ4n) is 2.30. The second kappa shape index (κ2) is 10.3. The molecular formula is C19H20Cl3NO2S. The van der Waals surface area contributed by atoms with Crippen molar-refractivity contribution in [3.63, 3.8) is 0 Å². The standard InChI is InChI=1S/C19H20Cl3NO2S/c1-12-8-14(9-13(2)19(12)22)25-10-18(24)23-6-7-26-11-15-16(20)4-3-5-17(15)21/h3-5,8-9H,6-7,10-11H2,1-2H3,(H,23,24). The number of thioether (sulfide) groups is 1. The molecule has 3 nitrogen and oxygen atoms in total. The van der Waals surface area contributed by atoms with E-state index in [0.29, 0.717) is 28.1 Å². The van der Waals surface area contributed by atoms with E-state index in [2.05, 4.69) is 5.32 Å². The van der Waals surface area contributed by atoms with Gasteiger partial charge in [0.05, 0.1) is 0 Å². The summed E-state index contributed by atoms with van der Waals surface area (Å²) in [6.45, 7) is 4.34. The Morgan fingerprint density at radius 3 is 2.35 bits per heavy atom. The monoisotopic (exact) mass is 431 g/mol. The fraction of sp³-hybridized carbons (Fsp3) is 0.316. The van der Waals surface area contributed by atoms with Crippen LogP contribution in [0.15, 0.2) is 30.3 Å². The van der Waals surface area contributed by atoms with Gasteiger partial charge in [0, 0.05) is 33.1 Å². The predicted octanol–water partition coefficient (Wildman–Crippen LogP) is 5.69. The number of benzene rings is 2. The average Bonchev–Trinajstić information content (AvgIpc) is 2.59. The van der Waals surface area contributed by atoms with E-state index in [4.69, 9.17) is 39.5 Å². The first-order valence-corrected chi connectivity index (χ1v) is 10.3. The molecule has 140 valence electrons. The van der Waals surface area contributed by atoms with Crippen LogP contribution < -0.4 is 10.1 Å². The molecule has 0 saturated heterocycles. The second-order valence-corrected chi connectivity index (χ2v) is 8.06. The van der Waals surface area contributed by atoms with Crippen molar-refractivity contribution in [2.24, 2.45) is 0 Å². The van der Waals surface area contributed by atoms with Crippen molar-refractivity contribution < 1.29 is 9.53 Å². The van der Waals surface area contributed by atoms with Crippen LogP contribution in [0.25, 0.3) is 0 Å². The van der Waals surface area contributed by atoms with Gasteiger partial charge < -0.3 is 10.1 Å². The van der Waals surface area contributed by atoms with Crippen LogP contribution in [0.1, 0.15) is 16.7 Å². The summed E-state index contributed by atoms with van der Waals surface area (Å²) in [5, 5.41) is 4.88. The highest BCUT2D eigenvalue weighted by Gasteiger charge is 2.07. The lowest BCUT2D eigenvalue weighted by Gasteiger charge is -2.10. The lowest BCUT2D eigenvalue weighted by molar-refractivity contribution is -0.122. The van der Waals surface area contributed by atoms with E-state index >= 15 is 0 Å². The van der Waals surface area contributed by atoms with Crippen LogP contribution in [0, 0.1) is 13.8 Å². The summed E-state index contributed by atoms with van der Waals surface area (Å²) in [4.78, 5) is 11.9. The van der Waals surface area contributed by atoms with Crippen molar-refractivity contribution in [3.8, 4) is 5.75 Å². The Balaban J connectivity index is 1.68. The summed E-state index contributed by atoms with van der Waals surface area (Å²) in [5.41, 5.74) is 2.78. The van der Waals surface area contributed by atoms with Gasteiger partial charge in [-0.2, -0.15) is 11.8 Å². The van der Waals surface area contributed by atoms with Crippen LogP contribution in [0.5, 0.6) is 5.75 Å². The zero-order valence-corrected chi connectivity index (χ0v) is 17.7. The van der Waals surface area contributed by atoms with Gasteiger partial charge in [-0.1, -0.05) is 40.9 Å². The molecule has 0 aliphatic carbocycles. The highest BCUT2D eigenvalue weighted by atomic mass is 35.5. The highest BCUT2D eigenvalue weighted by Crippen LogP contribution is 2.28. The maximum Gasteiger partial charge on any atom is 0.257 e. The number of rotatable bonds is 8. The molecule has 0 aliphatic heterocycles. The maximum absolute atomic E-state index is 11.9. The molecule has 0 fully saturated rings. The SMILES string of the molecule is Cc1cc(OCC(=O)NCCSCc2c(Cl)cccc2Cl)cc(C)c1Cl. The molecule has 0 bridgehead atoms. The zero-order chi connectivity index (χ0) is 19.1. The number of carbonyl (C=O) groups excluding carboxylic acids is 1. The van der Waals surface area contributed by atoms with Crippen molar-refractivity contribution in [2.45, 2.75) is 19.6 Å². The number of amides is 1. The predicted molar refractivity (Wildman–Crippen MR) is 112 cm³/mol. The van der Waals surface area contributed by atoms with Gasteiger partial charge in [-0.25, -0.2) is 0 Å². The Kier molecular flexibility index (Phi) is 8.42. The first-order valence-electron chi connectivity index (χ1n) is 8.05. The van der Waals surface area contributed by atoms with Crippen molar-refractivity contribution >= 4 is 52.5 Å². The van der Waals surface area contributed by atoms with Crippen molar-refractivity contribution in [1.29, 1.82) is 0 Å². The van der Waals surface area contributed by atoms with Crippen LogP contribution in [0.3, 0.4) is 0 Å². The minimum Gasteiger partial charge on any atom is -0.484 e. The smallest absolute Gasteiger partial charge is 0.257 e. The number of halogens is 3. The number of carbonyl (C=O) groups is 1. The normalized spacial score (nSPS) is 10.7. The Hall–Kier alpha value is -1.07. The van der Waals surface area contributed by atoms with Gasteiger partial charge >= 0.3 is 0 Å². The van der Waals surface area contributed by atoms with Crippen LogP contribution in [0.2, 0.25) is 15.1 Å². The Morgan fingerprint density at radius 2 is 1.73 bits per heavy atom. The van der Waals surface area contributed by atoms with Crippen LogP contribution in [-0.4, -0.2) is 24.8 Å². The van der Waals surface area contributed by atoms with Gasteiger partial charge in [0.25, 0.3) is 5.91 Å². The molecule has 0 saturated carbocycles. The van der Waals surface area contributed by atoms with Gasteiger partial charge in [0.15, 0.2) is 6.61 Å². The molecule has 1 amide bonds. The number of nitrogens with one attached hydrogen (secondary N) is 1. The van der Waals surface area contributed by atoms with Crippen molar-refractivity contribution in [2.75, 3.05) is 18.9 Å². The summed E-state index contributed by atoms with van der Waals surface area (Å²) in [6, 6.07) is 9.12. The zero-order valence-electron chi connectivity index (χ0n) is 14.6. The van der Waals surface area contributed by atoms with E-state index in [9.17, 15) is 4.79 Å². The number of ether oxygens (including phenoxy) is 1. The molecule has 2 aromatic rings. The van der Waals surface area contributed by atoms with E-state index in [0.717, 1.165) is 27.5 Å². The molecule has 0 atom stereocenters. The molecule has 0 aliphatic rings.